The number of nitrogens with one attached hydrogen (secondary N) is 2. The molecule has 0 radical (unpaired) electrons. The van der Waals surface area contributed by atoms with E-state index in [-0.39, 0.29) is 0 Å². The van der Waals surface area contributed by atoms with Crippen molar-refractivity contribution in [3.63, 3.8) is 0 Å². The molecule has 0 saturated heterocycles. The number of rotatable bonds is 18. The molecule has 2 N–H and O–H groups in total. The van der Waals surface area contributed by atoms with Crippen LogP contribution in [0.25, 0.3) is 0 Å². The van der Waals surface area contributed by atoms with Gasteiger partial charge < -0.3 is 10.6 Å². The van der Waals surface area contributed by atoms with Crippen LogP contribution in [-0.4, -0.2) is 19.6 Å². The largest absolute Gasteiger partial charge is 0.316 e. The fraction of sp³-hybridized carbons (Fsp3) is 0.586. The fourth-order valence-corrected chi connectivity index (χ4v) is 4.62. The molecular weight excluding hydrogens is 376 g/mol. The van der Waals surface area contributed by atoms with Gasteiger partial charge >= 0.3 is 0 Å². The molecule has 2 aromatic rings. The Labute approximate surface area is 191 Å². The molecule has 31 heavy (non-hydrogen) atoms. The normalized spacial score (nSPS) is 17.7. The van der Waals surface area contributed by atoms with E-state index in [1.807, 2.05) is 0 Å². The molecule has 2 heteroatoms. The van der Waals surface area contributed by atoms with Crippen LogP contribution in [-0.2, 0) is 13.0 Å². The molecule has 0 aromatic heterocycles. The van der Waals surface area contributed by atoms with E-state index in [1.54, 1.807) is 0 Å². The summed E-state index contributed by atoms with van der Waals surface area (Å²) in [7, 11) is 0. The molecule has 1 aliphatic rings. The van der Waals surface area contributed by atoms with Gasteiger partial charge in [-0.25, -0.2) is 0 Å². The topological polar surface area (TPSA) is 24.1 Å². The predicted octanol–water partition coefficient (Wildman–Crippen LogP) is 6.76. The van der Waals surface area contributed by atoms with Crippen LogP contribution in [0, 0.1) is 11.8 Å². The minimum absolute atomic E-state index is 0.977. The van der Waals surface area contributed by atoms with Gasteiger partial charge in [-0.15, -0.1) is 0 Å². The molecule has 2 atom stereocenters. The van der Waals surface area contributed by atoms with Gasteiger partial charge in [0.2, 0.25) is 0 Å². The van der Waals surface area contributed by atoms with Crippen LogP contribution in [0.2, 0.25) is 0 Å². The number of unbranched alkanes of at least 4 members (excludes halogenated alkanes) is 6. The van der Waals surface area contributed by atoms with E-state index in [0.29, 0.717) is 0 Å². The maximum absolute atomic E-state index is 3.72. The first-order chi connectivity index (χ1) is 15.4. The lowest BCUT2D eigenvalue weighted by Gasteiger charge is -2.06. The van der Waals surface area contributed by atoms with Gasteiger partial charge in [0.1, 0.15) is 0 Å². The van der Waals surface area contributed by atoms with Crippen molar-refractivity contribution in [2.24, 2.45) is 11.8 Å². The maximum atomic E-state index is 3.72. The number of hydrogen-bond acceptors (Lipinski definition) is 2. The minimum atomic E-state index is 0.977. The lowest BCUT2D eigenvalue weighted by molar-refractivity contribution is 0.520. The lowest BCUT2D eigenvalue weighted by Crippen LogP contribution is -2.18. The summed E-state index contributed by atoms with van der Waals surface area (Å²) in [6.07, 6.45) is 15.1. The van der Waals surface area contributed by atoms with E-state index >= 15 is 0 Å². The van der Waals surface area contributed by atoms with Gasteiger partial charge in [0.05, 0.1) is 0 Å². The molecule has 1 aliphatic carbocycles. The maximum Gasteiger partial charge on any atom is 0.0205 e. The van der Waals surface area contributed by atoms with Gasteiger partial charge in [-0.2, -0.15) is 0 Å². The van der Waals surface area contributed by atoms with E-state index < -0.39 is 0 Å². The fourth-order valence-electron chi connectivity index (χ4n) is 4.62. The van der Waals surface area contributed by atoms with Crippen LogP contribution in [0.15, 0.2) is 60.7 Å². The van der Waals surface area contributed by atoms with Gasteiger partial charge in [0.25, 0.3) is 0 Å². The highest BCUT2D eigenvalue weighted by Gasteiger charge is 2.35. The summed E-state index contributed by atoms with van der Waals surface area (Å²) in [4.78, 5) is 0. The monoisotopic (exact) mass is 420 g/mol. The first kappa shape index (κ1) is 24.0. The summed E-state index contributed by atoms with van der Waals surface area (Å²) in [6.45, 7) is 4.63. The Kier molecular flexibility index (Phi) is 11.8. The number of aryl methyl sites for hydroxylation is 1. The van der Waals surface area contributed by atoms with Crippen molar-refractivity contribution < 1.29 is 0 Å². The molecule has 1 fully saturated rings. The van der Waals surface area contributed by atoms with E-state index in [0.717, 1.165) is 24.9 Å². The summed E-state index contributed by atoms with van der Waals surface area (Å²) >= 11 is 0. The van der Waals surface area contributed by atoms with Crippen molar-refractivity contribution in [1.82, 2.24) is 10.6 Å². The van der Waals surface area contributed by atoms with Gasteiger partial charge in [0.15, 0.2) is 0 Å². The molecule has 0 unspecified atom stereocenters. The Morgan fingerprint density at radius 2 is 1.19 bits per heavy atom. The second-order valence-corrected chi connectivity index (χ2v) is 9.48. The molecule has 0 aliphatic heterocycles. The summed E-state index contributed by atoms with van der Waals surface area (Å²) < 4.78 is 0. The third-order valence-electron chi connectivity index (χ3n) is 6.74. The molecule has 0 heterocycles. The van der Waals surface area contributed by atoms with Crippen LogP contribution < -0.4 is 10.6 Å². The van der Waals surface area contributed by atoms with Crippen molar-refractivity contribution in [3.8, 4) is 0 Å². The molecule has 3 rings (SSSR count). The first-order valence-electron chi connectivity index (χ1n) is 12.9. The van der Waals surface area contributed by atoms with E-state index in [9.17, 15) is 0 Å². The average molecular weight is 421 g/mol. The highest BCUT2D eigenvalue weighted by Crippen LogP contribution is 2.41. The van der Waals surface area contributed by atoms with Crippen LogP contribution in [0.1, 0.15) is 75.3 Å². The molecular formula is C29H44N2. The van der Waals surface area contributed by atoms with Crippen molar-refractivity contribution in [1.29, 1.82) is 0 Å². The standard InChI is InChI=1S/C29H44N2/c1(7-15-26-16-8-5-9-17-26)3-14-22-31-25-29-23-28(29)20-12-2-4-13-21-30-24-27-18-10-6-11-19-27/h5-6,8-11,16-19,28-31H,1-4,7,12-15,20-25H2/t28-,29+/m0/s1. The highest BCUT2D eigenvalue weighted by molar-refractivity contribution is 5.15. The van der Waals surface area contributed by atoms with E-state index in [2.05, 4.69) is 71.3 Å². The Bertz CT molecular complexity index is 610. The van der Waals surface area contributed by atoms with Gasteiger partial charge in [-0.1, -0.05) is 99.2 Å². The van der Waals surface area contributed by atoms with Gasteiger partial charge in [-0.3, -0.25) is 0 Å². The van der Waals surface area contributed by atoms with Gasteiger partial charge in [0, 0.05) is 6.54 Å². The lowest BCUT2D eigenvalue weighted by atomic mass is 10.1. The Balaban J connectivity index is 1.03. The zero-order chi connectivity index (χ0) is 21.4. The third kappa shape index (κ3) is 11.0. The molecule has 1 saturated carbocycles. The zero-order valence-corrected chi connectivity index (χ0v) is 19.5. The second kappa shape index (κ2) is 15.2. The summed E-state index contributed by atoms with van der Waals surface area (Å²) in [6, 6.07) is 21.6. The molecule has 2 nitrogen and oxygen atoms in total. The second-order valence-electron chi connectivity index (χ2n) is 9.48. The number of hydrogen-bond donors (Lipinski definition) is 2. The van der Waals surface area contributed by atoms with Crippen LogP contribution in [0.5, 0.6) is 0 Å². The van der Waals surface area contributed by atoms with Crippen LogP contribution >= 0.6 is 0 Å². The van der Waals surface area contributed by atoms with E-state index in [1.165, 1.54) is 94.8 Å². The number of benzene rings is 2. The SMILES string of the molecule is c1ccc(CCCCCCNC[C@H]2C[C@@H]2CCCCCCNCc2ccccc2)cc1. The molecule has 0 spiro atoms. The van der Waals surface area contributed by atoms with Crippen molar-refractivity contribution >= 4 is 0 Å². The summed E-state index contributed by atoms with van der Waals surface area (Å²) in [5.74, 6) is 2.00. The molecule has 0 bridgehead atoms. The first-order valence-corrected chi connectivity index (χ1v) is 12.9. The van der Waals surface area contributed by atoms with Crippen LogP contribution in [0.3, 0.4) is 0 Å². The van der Waals surface area contributed by atoms with Crippen molar-refractivity contribution in [2.75, 3.05) is 19.6 Å². The zero-order valence-electron chi connectivity index (χ0n) is 19.5. The van der Waals surface area contributed by atoms with E-state index in [4.69, 9.17) is 0 Å². The molecule has 0 amide bonds. The Morgan fingerprint density at radius 3 is 1.94 bits per heavy atom. The van der Waals surface area contributed by atoms with Crippen LogP contribution in [0.4, 0.5) is 0 Å². The highest BCUT2D eigenvalue weighted by atomic mass is 14.9. The van der Waals surface area contributed by atoms with Crippen molar-refractivity contribution in [2.45, 2.75) is 77.2 Å². The average Bonchev–Trinajstić information content (AvgIpc) is 3.57. The smallest absolute Gasteiger partial charge is 0.0205 e. The quantitative estimate of drug-likeness (QED) is 0.260. The Hall–Kier alpha value is -1.64. The summed E-state index contributed by atoms with van der Waals surface area (Å²) in [5, 5.41) is 7.28. The minimum Gasteiger partial charge on any atom is -0.316 e. The predicted molar refractivity (Wildman–Crippen MR) is 134 cm³/mol. The Morgan fingerprint density at radius 1 is 0.581 bits per heavy atom. The van der Waals surface area contributed by atoms with Crippen molar-refractivity contribution in [3.05, 3.63) is 71.8 Å². The summed E-state index contributed by atoms with van der Waals surface area (Å²) in [5.41, 5.74) is 2.87. The third-order valence-corrected chi connectivity index (χ3v) is 6.74. The molecule has 170 valence electrons. The molecule has 2 aromatic carbocycles. The van der Waals surface area contributed by atoms with Gasteiger partial charge in [-0.05, 0) is 74.7 Å².